The topological polar surface area (TPSA) is 94.6 Å². The first-order valence-electron chi connectivity index (χ1n) is 9.47. The molecule has 2 N–H and O–H groups in total. The van der Waals surface area contributed by atoms with Crippen molar-refractivity contribution in [1.29, 1.82) is 5.26 Å². The van der Waals surface area contributed by atoms with Crippen molar-refractivity contribution in [2.45, 2.75) is 26.4 Å². The van der Waals surface area contributed by atoms with E-state index in [9.17, 15) is 14.4 Å². The first kappa shape index (κ1) is 22.2. The molecule has 1 unspecified atom stereocenters. The van der Waals surface area contributed by atoms with Crippen molar-refractivity contribution in [3.05, 3.63) is 87.2 Å². The Morgan fingerprint density at radius 3 is 2.77 bits per heavy atom. The lowest BCUT2D eigenvalue weighted by Gasteiger charge is -2.28. The number of rotatable bonds is 6. The van der Waals surface area contributed by atoms with E-state index in [1.165, 1.54) is 18.2 Å². The van der Waals surface area contributed by atoms with E-state index in [0.717, 1.165) is 5.56 Å². The van der Waals surface area contributed by atoms with Gasteiger partial charge in [0, 0.05) is 16.7 Å². The molecule has 2 aromatic carbocycles. The van der Waals surface area contributed by atoms with Gasteiger partial charge in [0.25, 0.3) is 0 Å². The number of hydrogen-bond donors (Lipinski definition) is 1. The number of carbonyl (C=O) groups excluding carboxylic acids is 1. The second-order valence-corrected chi connectivity index (χ2v) is 7.15. The normalized spacial score (nSPS) is 15.9. The summed E-state index contributed by atoms with van der Waals surface area (Å²) in [5, 5.41) is 10.3. The number of esters is 1. The Labute approximate surface area is 184 Å². The molecule has 8 heteroatoms. The second-order valence-electron chi connectivity index (χ2n) is 6.72. The number of hydrogen-bond acceptors (Lipinski definition) is 6. The predicted molar refractivity (Wildman–Crippen MR) is 112 cm³/mol. The summed E-state index contributed by atoms with van der Waals surface area (Å²) in [7, 11) is 0. The quantitative estimate of drug-likeness (QED) is 0.651. The van der Waals surface area contributed by atoms with Crippen LogP contribution in [0.25, 0.3) is 0 Å². The first-order chi connectivity index (χ1) is 14.8. The van der Waals surface area contributed by atoms with Crippen molar-refractivity contribution in [1.82, 2.24) is 0 Å². The number of ether oxygens (including phenoxy) is 3. The molecule has 31 heavy (non-hydrogen) atoms. The molecule has 0 spiro atoms. The summed E-state index contributed by atoms with van der Waals surface area (Å²) in [6, 6.07) is 12.9. The van der Waals surface area contributed by atoms with Crippen LogP contribution in [0.1, 0.15) is 30.9 Å². The second kappa shape index (κ2) is 9.54. The molecule has 1 aliphatic heterocycles. The summed E-state index contributed by atoms with van der Waals surface area (Å²) in [6.45, 7) is 3.44. The third kappa shape index (κ3) is 4.81. The van der Waals surface area contributed by atoms with Crippen molar-refractivity contribution in [2.24, 2.45) is 5.73 Å². The van der Waals surface area contributed by atoms with E-state index in [-0.39, 0.29) is 41.8 Å². The van der Waals surface area contributed by atoms with Crippen LogP contribution in [0.2, 0.25) is 5.02 Å². The number of halogens is 2. The summed E-state index contributed by atoms with van der Waals surface area (Å²) in [5.74, 6) is -1.91. The zero-order valence-corrected chi connectivity index (χ0v) is 17.7. The molecule has 1 aliphatic rings. The van der Waals surface area contributed by atoms with E-state index in [1.54, 1.807) is 32.0 Å². The molecule has 0 fully saturated rings. The minimum Gasteiger partial charge on any atom is -0.488 e. The van der Waals surface area contributed by atoms with Crippen molar-refractivity contribution >= 4 is 17.6 Å². The molecule has 0 radical (unpaired) electrons. The highest BCUT2D eigenvalue weighted by molar-refractivity contribution is 6.30. The lowest BCUT2D eigenvalue weighted by molar-refractivity contribution is -0.139. The minimum atomic E-state index is -0.937. The summed E-state index contributed by atoms with van der Waals surface area (Å²) in [6.07, 6.45) is 0. The van der Waals surface area contributed by atoms with Gasteiger partial charge in [0.2, 0.25) is 5.88 Å². The first-order valence-corrected chi connectivity index (χ1v) is 9.85. The van der Waals surface area contributed by atoms with Crippen molar-refractivity contribution < 1.29 is 23.4 Å². The molecule has 1 heterocycles. The van der Waals surface area contributed by atoms with Gasteiger partial charge in [0.05, 0.1) is 18.1 Å². The maximum atomic E-state index is 14.1. The highest BCUT2D eigenvalue weighted by atomic mass is 35.5. The molecule has 1 atom stereocenters. The van der Waals surface area contributed by atoms with E-state index in [2.05, 4.69) is 0 Å². The third-order valence-corrected chi connectivity index (χ3v) is 4.91. The fraction of sp³-hybridized carbons (Fsp3) is 0.217. The minimum absolute atomic E-state index is 0.00728. The number of carbonyl (C=O) groups is 1. The van der Waals surface area contributed by atoms with E-state index in [1.807, 2.05) is 12.1 Å². The Bertz CT molecular complexity index is 1120. The van der Waals surface area contributed by atoms with Crippen LogP contribution in [0.15, 0.2) is 65.3 Å². The van der Waals surface area contributed by atoms with Crippen LogP contribution in [-0.4, -0.2) is 12.6 Å². The highest BCUT2D eigenvalue weighted by Gasteiger charge is 2.38. The van der Waals surface area contributed by atoms with Gasteiger partial charge < -0.3 is 19.9 Å². The zero-order valence-electron chi connectivity index (χ0n) is 16.9. The molecule has 0 bridgehead atoms. The van der Waals surface area contributed by atoms with Gasteiger partial charge in [-0.05, 0) is 37.6 Å². The molecular weight excluding hydrogens is 423 g/mol. The molecule has 3 rings (SSSR count). The summed E-state index contributed by atoms with van der Waals surface area (Å²) >= 11 is 6.02. The summed E-state index contributed by atoms with van der Waals surface area (Å²) in [5.41, 5.74) is 7.18. The van der Waals surface area contributed by atoms with Gasteiger partial charge in [0.15, 0.2) is 0 Å². The lowest BCUT2D eigenvalue weighted by atomic mass is 9.82. The maximum Gasteiger partial charge on any atom is 0.338 e. The van der Waals surface area contributed by atoms with Crippen LogP contribution in [0.5, 0.6) is 5.75 Å². The summed E-state index contributed by atoms with van der Waals surface area (Å²) in [4.78, 5) is 12.7. The van der Waals surface area contributed by atoms with E-state index < -0.39 is 17.7 Å². The number of nitrogens with zero attached hydrogens (tertiary/aromatic N) is 1. The Hall–Kier alpha value is -3.50. The number of nitriles is 1. The van der Waals surface area contributed by atoms with Gasteiger partial charge in [-0.1, -0.05) is 29.8 Å². The molecule has 2 aromatic rings. The van der Waals surface area contributed by atoms with Crippen molar-refractivity contribution in [2.75, 3.05) is 6.61 Å². The Balaban J connectivity index is 2.08. The standard InChI is InChI=1S/C23H20ClFN2O4/c1-3-29-23(28)20-13(2)31-22(27)18(11-26)21(20)17-8-7-16(25)10-19(17)30-12-14-5-4-6-15(24)9-14/h4-10,21H,3,12,27H2,1-2H3. The Morgan fingerprint density at radius 1 is 1.32 bits per heavy atom. The molecule has 0 saturated heterocycles. The van der Waals surface area contributed by atoms with Gasteiger partial charge in [-0.2, -0.15) is 5.26 Å². The molecular formula is C23H20ClFN2O4. The molecule has 0 aliphatic carbocycles. The molecule has 0 aromatic heterocycles. The van der Waals surface area contributed by atoms with E-state index in [0.29, 0.717) is 10.6 Å². The Morgan fingerprint density at radius 2 is 2.10 bits per heavy atom. The van der Waals surface area contributed by atoms with Crippen LogP contribution in [-0.2, 0) is 20.9 Å². The zero-order chi connectivity index (χ0) is 22.5. The maximum absolute atomic E-state index is 14.1. The van der Waals surface area contributed by atoms with Gasteiger partial charge in [0.1, 0.15) is 35.6 Å². The van der Waals surface area contributed by atoms with Crippen LogP contribution in [0.3, 0.4) is 0 Å². The highest BCUT2D eigenvalue weighted by Crippen LogP contribution is 2.43. The molecule has 0 amide bonds. The monoisotopic (exact) mass is 442 g/mol. The number of benzene rings is 2. The fourth-order valence-electron chi connectivity index (χ4n) is 3.33. The lowest BCUT2D eigenvalue weighted by Crippen LogP contribution is -2.26. The van der Waals surface area contributed by atoms with Gasteiger partial charge in [-0.25, -0.2) is 9.18 Å². The number of nitrogens with two attached hydrogens (primary N) is 1. The van der Waals surface area contributed by atoms with Gasteiger partial charge >= 0.3 is 5.97 Å². The Kier molecular flexibility index (Phi) is 6.83. The molecule has 160 valence electrons. The molecule has 0 saturated carbocycles. The van der Waals surface area contributed by atoms with Gasteiger partial charge in [-0.3, -0.25) is 0 Å². The largest absolute Gasteiger partial charge is 0.488 e. The third-order valence-electron chi connectivity index (χ3n) is 4.67. The van der Waals surface area contributed by atoms with Crippen molar-refractivity contribution in [3.63, 3.8) is 0 Å². The predicted octanol–water partition coefficient (Wildman–Crippen LogP) is 4.70. The SMILES string of the molecule is CCOC(=O)C1=C(C)OC(N)=C(C#N)C1c1ccc(F)cc1OCc1cccc(Cl)c1. The average Bonchev–Trinajstić information content (AvgIpc) is 2.72. The molecule has 6 nitrogen and oxygen atoms in total. The smallest absolute Gasteiger partial charge is 0.338 e. The van der Waals surface area contributed by atoms with Crippen LogP contribution in [0.4, 0.5) is 4.39 Å². The summed E-state index contributed by atoms with van der Waals surface area (Å²) < 4.78 is 30.5. The van der Waals surface area contributed by atoms with Crippen LogP contribution in [0, 0.1) is 17.1 Å². The number of allylic oxidation sites excluding steroid dienone is 2. The fourth-order valence-corrected chi connectivity index (χ4v) is 3.54. The van der Waals surface area contributed by atoms with E-state index in [4.69, 9.17) is 31.5 Å². The van der Waals surface area contributed by atoms with Crippen molar-refractivity contribution in [3.8, 4) is 11.8 Å². The van der Waals surface area contributed by atoms with E-state index >= 15 is 0 Å². The average molecular weight is 443 g/mol. The van der Waals surface area contributed by atoms with Gasteiger partial charge in [-0.15, -0.1) is 0 Å². The van der Waals surface area contributed by atoms with Crippen LogP contribution >= 0.6 is 11.6 Å². The van der Waals surface area contributed by atoms with Crippen LogP contribution < -0.4 is 10.5 Å².